The van der Waals surface area contributed by atoms with E-state index in [0.717, 1.165) is 61.9 Å². The van der Waals surface area contributed by atoms with Gasteiger partial charge in [-0.15, -0.1) is 0 Å². The number of piperazine rings is 1. The second-order valence-corrected chi connectivity index (χ2v) is 12.2. The number of anilines is 2. The first-order valence-corrected chi connectivity index (χ1v) is 16.2. The summed E-state index contributed by atoms with van der Waals surface area (Å²) in [5.41, 5.74) is 4.68. The van der Waals surface area contributed by atoms with E-state index >= 15 is 0 Å². The minimum atomic E-state index is -0.301. The smallest absolute Gasteiger partial charge is 0.257 e. The van der Waals surface area contributed by atoms with Crippen LogP contribution in [0.5, 0.6) is 5.75 Å². The van der Waals surface area contributed by atoms with Gasteiger partial charge in [0.25, 0.3) is 11.8 Å². The Hall–Kier alpha value is -4.67. The van der Waals surface area contributed by atoms with Crippen molar-refractivity contribution in [2.24, 2.45) is 7.05 Å². The number of methoxy groups -OCH3 is 1. The monoisotopic (exact) mass is 639 g/mol. The van der Waals surface area contributed by atoms with E-state index in [-0.39, 0.29) is 24.3 Å². The molecular weight excluding hydrogens is 594 g/mol. The first kappa shape index (κ1) is 33.7. The summed E-state index contributed by atoms with van der Waals surface area (Å²) < 4.78 is 13.4. The number of unbranched alkanes of at least 4 members (excludes halogenated alkanes) is 2. The number of aromatic nitrogens is 1. The number of carbonyl (C=O) groups excluding carboxylic acids is 3. The number of nitrogens with one attached hydrogen (secondary N) is 2. The molecule has 1 fully saturated rings. The number of nitrogens with zero attached hydrogens (tertiary/aromatic N) is 3. The molecule has 5 rings (SSSR count). The van der Waals surface area contributed by atoms with E-state index < -0.39 is 0 Å². The molecule has 10 nitrogen and oxygen atoms in total. The highest BCUT2D eigenvalue weighted by Gasteiger charge is 2.19. The third kappa shape index (κ3) is 8.58. The predicted molar refractivity (Wildman–Crippen MR) is 185 cm³/mol. The zero-order chi connectivity index (χ0) is 33.3. The molecule has 1 aromatic heterocycles. The topological polar surface area (TPSA) is 105 Å². The first-order chi connectivity index (χ1) is 22.7. The maximum Gasteiger partial charge on any atom is 0.257 e. The molecule has 2 heterocycles. The van der Waals surface area contributed by atoms with Crippen LogP contribution in [0.1, 0.15) is 57.5 Å². The van der Waals surface area contributed by atoms with Crippen LogP contribution in [0.15, 0.2) is 66.9 Å². The summed E-state index contributed by atoms with van der Waals surface area (Å²) in [6.07, 6.45) is 5.01. The fourth-order valence-electron chi connectivity index (χ4n) is 5.86. The van der Waals surface area contributed by atoms with Gasteiger partial charge in [-0.3, -0.25) is 14.4 Å². The number of benzene rings is 3. The number of likely N-dealkylation sites (N-methyl/N-ethyl adjacent to an activating group) is 1. The molecular formula is C37H45N5O5. The number of fused-ring (bicyclic) bond motifs is 1. The highest BCUT2D eigenvalue weighted by Crippen LogP contribution is 2.28. The SMILES string of the molecule is COCc1cc(C(=O)Nc2ccc(C)cc2OCCCCCC(=O)N2CCN(C)CC2)ccc1NC(=O)c1cccc2ccn(C)c12. The van der Waals surface area contributed by atoms with Crippen molar-refractivity contribution in [2.75, 3.05) is 57.6 Å². The molecule has 47 heavy (non-hydrogen) atoms. The summed E-state index contributed by atoms with van der Waals surface area (Å²) in [6.45, 7) is 6.15. The van der Waals surface area contributed by atoms with Crippen molar-refractivity contribution in [3.05, 3.63) is 89.1 Å². The van der Waals surface area contributed by atoms with Crippen LogP contribution in [0, 0.1) is 6.92 Å². The third-order valence-corrected chi connectivity index (χ3v) is 8.59. The normalized spacial score (nSPS) is 13.5. The van der Waals surface area contributed by atoms with Crippen molar-refractivity contribution in [3.8, 4) is 5.75 Å². The summed E-state index contributed by atoms with van der Waals surface area (Å²) in [7, 11) is 5.57. The van der Waals surface area contributed by atoms with Crippen LogP contribution in [0.2, 0.25) is 0 Å². The first-order valence-electron chi connectivity index (χ1n) is 16.2. The minimum Gasteiger partial charge on any atom is -0.491 e. The Morgan fingerprint density at radius 2 is 1.60 bits per heavy atom. The lowest BCUT2D eigenvalue weighted by atomic mass is 10.1. The number of para-hydroxylation sites is 1. The van der Waals surface area contributed by atoms with E-state index in [4.69, 9.17) is 9.47 Å². The molecule has 10 heteroatoms. The summed E-state index contributed by atoms with van der Waals surface area (Å²) in [5.74, 6) is 0.291. The second-order valence-electron chi connectivity index (χ2n) is 12.2. The summed E-state index contributed by atoms with van der Waals surface area (Å²) in [4.78, 5) is 43.4. The van der Waals surface area contributed by atoms with Gasteiger partial charge in [-0.2, -0.15) is 0 Å². The summed E-state index contributed by atoms with van der Waals surface area (Å²) in [5, 5.41) is 6.98. The fraction of sp³-hybridized carbons (Fsp3) is 0.378. The predicted octanol–water partition coefficient (Wildman–Crippen LogP) is 5.85. The van der Waals surface area contributed by atoms with Gasteiger partial charge in [0.15, 0.2) is 0 Å². The number of carbonyl (C=O) groups is 3. The van der Waals surface area contributed by atoms with Gasteiger partial charge in [-0.1, -0.05) is 18.2 Å². The van der Waals surface area contributed by atoms with Gasteiger partial charge in [-0.25, -0.2) is 0 Å². The number of hydrogen-bond donors (Lipinski definition) is 2. The molecule has 1 saturated heterocycles. The van der Waals surface area contributed by atoms with E-state index in [1.54, 1.807) is 31.4 Å². The number of hydrogen-bond acceptors (Lipinski definition) is 6. The lowest BCUT2D eigenvalue weighted by Gasteiger charge is -2.32. The Kier molecular flexibility index (Phi) is 11.3. The molecule has 0 bridgehead atoms. The molecule has 3 aromatic carbocycles. The van der Waals surface area contributed by atoms with Gasteiger partial charge >= 0.3 is 0 Å². The Morgan fingerprint density at radius 1 is 0.830 bits per heavy atom. The van der Waals surface area contributed by atoms with Crippen LogP contribution in [0.4, 0.5) is 11.4 Å². The molecule has 1 aliphatic heterocycles. The van der Waals surface area contributed by atoms with Gasteiger partial charge < -0.3 is 34.5 Å². The highest BCUT2D eigenvalue weighted by molar-refractivity contribution is 6.12. The minimum absolute atomic E-state index is 0.213. The standard InChI is InChI=1S/C37H45N5O5/c1-26-12-14-32(33(23-26)47-22-7-5-6-11-34(43)42-20-18-40(2)19-21-42)39-36(44)28-13-15-31(29(24-28)25-46-4)38-37(45)30-10-8-9-27-16-17-41(3)35(27)30/h8-10,12-17,23-24H,5-7,11,18-22,25H2,1-4H3,(H,38,45)(H,39,44). The van der Waals surface area contributed by atoms with Crippen molar-refractivity contribution in [2.45, 2.75) is 39.2 Å². The van der Waals surface area contributed by atoms with Gasteiger partial charge in [0.2, 0.25) is 5.91 Å². The van der Waals surface area contributed by atoms with Crippen LogP contribution >= 0.6 is 0 Å². The quantitative estimate of drug-likeness (QED) is 0.178. The number of aryl methyl sites for hydroxylation is 2. The van der Waals surface area contributed by atoms with E-state index in [2.05, 4.69) is 22.6 Å². The van der Waals surface area contributed by atoms with Crippen LogP contribution in [0.3, 0.4) is 0 Å². The van der Waals surface area contributed by atoms with Crippen molar-refractivity contribution < 1.29 is 23.9 Å². The van der Waals surface area contributed by atoms with Gasteiger partial charge in [0.1, 0.15) is 5.75 Å². The van der Waals surface area contributed by atoms with E-state index in [1.807, 2.05) is 66.0 Å². The molecule has 0 saturated carbocycles. The average molecular weight is 640 g/mol. The number of ether oxygens (including phenoxy) is 2. The van der Waals surface area contributed by atoms with Gasteiger partial charge in [-0.05, 0) is 81.3 Å². The largest absolute Gasteiger partial charge is 0.491 e. The van der Waals surface area contributed by atoms with Gasteiger partial charge in [0.05, 0.1) is 30.0 Å². The maximum atomic E-state index is 13.4. The maximum absolute atomic E-state index is 13.4. The lowest BCUT2D eigenvalue weighted by molar-refractivity contribution is -0.132. The molecule has 1 aliphatic rings. The summed E-state index contributed by atoms with van der Waals surface area (Å²) in [6, 6.07) is 18.4. The molecule has 2 N–H and O–H groups in total. The van der Waals surface area contributed by atoms with Crippen molar-refractivity contribution in [1.82, 2.24) is 14.4 Å². The van der Waals surface area contributed by atoms with Gasteiger partial charge in [0, 0.05) is 75.2 Å². The lowest BCUT2D eigenvalue weighted by Crippen LogP contribution is -2.47. The number of amides is 3. The van der Waals surface area contributed by atoms with Crippen LogP contribution < -0.4 is 15.4 Å². The summed E-state index contributed by atoms with van der Waals surface area (Å²) >= 11 is 0. The van der Waals surface area contributed by atoms with Crippen molar-refractivity contribution in [3.63, 3.8) is 0 Å². The van der Waals surface area contributed by atoms with E-state index in [9.17, 15) is 14.4 Å². The van der Waals surface area contributed by atoms with Crippen LogP contribution in [-0.4, -0.2) is 79.0 Å². The zero-order valence-electron chi connectivity index (χ0n) is 27.8. The van der Waals surface area contributed by atoms with Crippen LogP contribution in [-0.2, 0) is 23.2 Å². The Balaban J connectivity index is 1.18. The van der Waals surface area contributed by atoms with Crippen molar-refractivity contribution in [1.29, 1.82) is 0 Å². The molecule has 0 aliphatic carbocycles. The molecule has 3 amide bonds. The molecule has 4 aromatic rings. The molecule has 0 atom stereocenters. The molecule has 0 unspecified atom stereocenters. The highest BCUT2D eigenvalue weighted by atomic mass is 16.5. The third-order valence-electron chi connectivity index (χ3n) is 8.59. The van der Waals surface area contributed by atoms with Crippen LogP contribution in [0.25, 0.3) is 10.9 Å². The Bertz CT molecular complexity index is 1720. The van der Waals surface area contributed by atoms with E-state index in [1.165, 1.54) is 0 Å². The fourth-order valence-corrected chi connectivity index (χ4v) is 5.86. The number of rotatable bonds is 13. The molecule has 0 spiro atoms. The zero-order valence-corrected chi connectivity index (χ0v) is 27.8. The van der Waals surface area contributed by atoms with E-state index in [0.29, 0.717) is 46.8 Å². The molecule has 0 radical (unpaired) electrons. The molecule has 248 valence electrons. The Morgan fingerprint density at radius 3 is 2.38 bits per heavy atom. The van der Waals surface area contributed by atoms with Crippen molar-refractivity contribution >= 4 is 40.0 Å². The Labute approximate surface area is 276 Å². The average Bonchev–Trinajstić information content (AvgIpc) is 3.45. The second kappa shape index (κ2) is 15.8.